The first-order chi connectivity index (χ1) is 14.3. The zero-order valence-electron chi connectivity index (χ0n) is 16.7. The van der Waals surface area contributed by atoms with Crippen LogP contribution in [0.2, 0.25) is 0 Å². The van der Waals surface area contributed by atoms with Gasteiger partial charge >= 0.3 is 11.8 Å². The molecule has 2 aromatic heterocycles. The molecular weight excluding hydrogens is 390 g/mol. The minimum Gasteiger partial charge on any atom is -0.467 e. The summed E-state index contributed by atoms with van der Waals surface area (Å²) in [6.07, 6.45) is 1.51. The Morgan fingerprint density at radius 3 is 2.57 bits per heavy atom. The van der Waals surface area contributed by atoms with Gasteiger partial charge in [-0.2, -0.15) is 5.10 Å². The first-order valence-corrected chi connectivity index (χ1v) is 9.16. The summed E-state index contributed by atoms with van der Waals surface area (Å²) in [7, 11) is 0. The largest absolute Gasteiger partial charge is 0.467 e. The average Bonchev–Trinajstić information content (AvgIpc) is 3.33. The number of nitro groups is 1. The highest BCUT2D eigenvalue weighted by Crippen LogP contribution is 2.25. The lowest BCUT2D eigenvalue weighted by Gasteiger charge is -2.18. The number of nitrogens with zero attached hydrogens (tertiary/aromatic N) is 3. The van der Waals surface area contributed by atoms with Crippen LogP contribution >= 0.6 is 0 Å². The average molecular weight is 411 g/mol. The molecule has 0 saturated carbocycles. The van der Waals surface area contributed by atoms with E-state index in [2.05, 4.69) is 15.7 Å². The molecule has 2 N–H and O–H groups in total. The summed E-state index contributed by atoms with van der Waals surface area (Å²) in [6, 6.07) is 9.22. The van der Waals surface area contributed by atoms with Crippen molar-refractivity contribution in [1.82, 2.24) is 15.1 Å². The van der Waals surface area contributed by atoms with Gasteiger partial charge in [-0.25, -0.2) is 0 Å². The van der Waals surface area contributed by atoms with Crippen LogP contribution in [-0.4, -0.2) is 33.1 Å². The molecule has 0 spiro atoms. The Bertz CT molecular complexity index is 1090. The Hall–Kier alpha value is -3.95. The van der Waals surface area contributed by atoms with Crippen LogP contribution in [0, 0.1) is 30.9 Å². The first-order valence-electron chi connectivity index (χ1n) is 9.16. The molecule has 10 nitrogen and oxygen atoms in total. The first kappa shape index (κ1) is 20.8. The lowest BCUT2D eigenvalue weighted by atomic mass is 10.2. The fraction of sp³-hybridized carbons (Fsp3) is 0.250. The second kappa shape index (κ2) is 8.60. The molecule has 2 amide bonds. The molecule has 0 aliphatic carbocycles. The highest BCUT2D eigenvalue weighted by molar-refractivity contribution is 6.39. The lowest BCUT2D eigenvalue weighted by molar-refractivity contribution is -0.384. The van der Waals surface area contributed by atoms with E-state index in [9.17, 15) is 19.7 Å². The van der Waals surface area contributed by atoms with Crippen LogP contribution in [0.15, 0.2) is 47.1 Å². The summed E-state index contributed by atoms with van der Waals surface area (Å²) in [4.78, 5) is 35.2. The Kier molecular flexibility index (Phi) is 5.95. The van der Waals surface area contributed by atoms with Crippen LogP contribution in [-0.2, 0) is 9.59 Å². The predicted octanol–water partition coefficient (Wildman–Crippen LogP) is 2.65. The number of hydrogen-bond donors (Lipinski definition) is 2. The lowest BCUT2D eigenvalue weighted by Crippen LogP contribution is -2.39. The van der Waals surface area contributed by atoms with Crippen LogP contribution < -0.4 is 10.6 Å². The number of aryl methyl sites for hydroxylation is 3. The van der Waals surface area contributed by atoms with Crippen LogP contribution in [0.5, 0.6) is 0 Å². The molecular formula is C20H21N5O5. The number of carbonyl (C=O) groups excluding carboxylic acids is 2. The second-order valence-electron chi connectivity index (χ2n) is 6.84. The molecule has 156 valence electrons. The van der Waals surface area contributed by atoms with Crippen LogP contribution in [0.3, 0.4) is 0 Å². The van der Waals surface area contributed by atoms with Crippen molar-refractivity contribution in [2.24, 2.45) is 0 Å². The molecule has 0 radical (unpaired) electrons. The van der Waals surface area contributed by atoms with Gasteiger partial charge in [-0.05, 0) is 50.6 Å². The zero-order chi connectivity index (χ0) is 21.8. The Morgan fingerprint density at radius 2 is 1.97 bits per heavy atom. The molecule has 1 atom stereocenters. The van der Waals surface area contributed by atoms with Gasteiger partial charge in [0.15, 0.2) is 0 Å². The van der Waals surface area contributed by atoms with Crippen LogP contribution in [0.4, 0.5) is 11.4 Å². The number of anilines is 1. The highest BCUT2D eigenvalue weighted by atomic mass is 16.6. The van der Waals surface area contributed by atoms with Gasteiger partial charge in [0.05, 0.1) is 16.9 Å². The molecule has 2 heterocycles. The number of nitrogens with one attached hydrogen (secondary N) is 2. The van der Waals surface area contributed by atoms with Crippen molar-refractivity contribution in [3.05, 3.63) is 75.5 Å². The SMILES string of the molecule is Cc1ccc(NC(=O)C(=O)NCC(c2ccco2)n2nc(C)cc2C)c([N+](=O)[O-])c1. The number of aromatic nitrogens is 2. The minimum absolute atomic E-state index is 0.0394. The van der Waals surface area contributed by atoms with Gasteiger partial charge in [-0.1, -0.05) is 6.07 Å². The van der Waals surface area contributed by atoms with Crippen molar-refractivity contribution in [2.45, 2.75) is 26.8 Å². The summed E-state index contributed by atoms with van der Waals surface area (Å²) >= 11 is 0. The minimum atomic E-state index is -1.01. The Balaban J connectivity index is 1.72. The van der Waals surface area contributed by atoms with Crippen molar-refractivity contribution in [2.75, 3.05) is 11.9 Å². The van der Waals surface area contributed by atoms with E-state index in [1.165, 1.54) is 18.4 Å². The fourth-order valence-corrected chi connectivity index (χ4v) is 3.10. The van der Waals surface area contributed by atoms with E-state index in [4.69, 9.17) is 4.42 Å². The zero-order valence-corrected chi connectivity index (χ0v) is 16.7. The quantitative estimate of drug-likeness (QED) is 0.364. The molecule has 1 unspecified atom stereocenters. The summed E-state index contributed by atoms with van der Waals surface area (Å²) < 4.78 is 7.17. The van der Waals surface area contributed by atoms with Crippen LogP contribution in [0.1, 0.15) is 28.8 Å². The summed E-state index contributed by atoms with van der Waals surface area (Å²) in [5.41, 5.74) is 2.00. The molecule has 0 fully saturated rings. The number of benzene rings is 1. The maximum absolute atomic E-state index is 12.3. The molecule has 0 aliphatic heterocycles. The Morgan fingerprint density at radius 1 is 1.20 bits per heavy atom. The summed E-state index contributed by atoms with van der Waals surface area (Å²) in [5.74, 6) is -1.37. The molecule has 30 heavy (non-hydrogen) atoms. The van der Waals surface area contributed by atoms with E-state index < -0.39 is 22.8 Å². The highest BCUT2D eigenvalue weighted by Gasteiger charge is 2.24. The third kappa shape index (κ3) is 4.54. The number of carbonyl (C=O) groups is 2. The van der Waals surface area contributed by atoms with Crippen molar-refractivity contribution < 1.29 is 18.9 Å². The van der Waals surface area contributed by atoms with E-state index in [1.807, 2.05) is 19.9 Å². The van der Waals surface area contributed by atoms with Crippen molar-refractivity contribution in [3.63, 3.8) is 0 Å². The molecule has 10 heteroatoms. The second-order valence-corrected chi connectivity index (χ2v) is 6.84. The summed E-state index contributed by atoms with van der Waals surface area (Å²) in [6.45, 7) is 5.46. The van der Waals surface area contributed by atoms with Gasteiger partial charge in [0.25, 0.3) is 5.69 Å². The van der Waals surface area contributed by atoms with Gasteiger partial charge in [0, 0.05) is 18.3 Å². The van der Waals surface area contributed by atoms with Gasteiger partial charge in [-0.15, -0.1) is 0 Å². The smallest absolute Gasteiger partial charge is 0.313 e. The number of nitro benzene ring substituents is 1. The third-order valence-electron chi connectivity index (χ3n) is 4.47. The van der Waals surface area contributed by atoms with Gasteiger partial charge < -0.3 is 15.1 Å². The van der Waals surface area contributed by atoms with Gasteiger partial charge in [0.1, 0.15) is 17.5 Å². The molecule has 1 aromatic carbocycles. The van der Waals surface area contributed by atoms with Crippen molar-refractivity contribution in [3.8, 4) is 0 Å². The maximum atomic E-state index is 12.3. The van der Waals surface area contributed by atoms with Crippen molar-refractivity contribution >= 4 is 23.2 Å². The molecule has 0 saturated heterocycles. The van der Waals surface area contributed by atoms with E-state index in [-0.39, 0.29) is 17.9 Å². The van der Waals surface area contributed by atoms with E-state index in [1.54, 1.807) is 29.8 Å². The number of rotatable bonds is 6. The van der Waals surface area contributed by atoms with Crippen LogP contribution in [0.25, 0.3) is 0 Å². The summed E-state index contributed by atoms with van der Waals surface area (Å²) in [5, 5.41) is 20.5. The molecule has 3 rings (SSSR count). The topological polar surface area (TPSA) is 132 Å². The van der Waals surface area contributed by atoms with E-state index in [0.29, 0.717) is 11.3 Å². The molecule has 3 aromatic rings. The standard InChI is InChI=1S/C20H21N5O5/c1-12-6-7-15(16(9-12)25(28)29)22-20(27)19(26)21-11-17(18-5-4-8-30-18)24-14(3)10-13(2)23-24/h4-10,17H,11H2,1-3H3,(H,21,26)(H,22,27). The normalized spacial score (nSPS) is 11.7. The predicted molar refractivity (Wildman–Crippen MR) is 108 cm³/mol. The molecule has 0 aliphatic rings. The monoisotopic (exact) mass is 411 g/mol. The fourth-order valence-electron chi connectivity index (χ4n) is 3.10. The number of furan rings is 1. The maximum Gasteiger partial charge on any atom is 0.313 e. The molecule has 0 bridgehead atoms. The van der Waals surface area contributed by atoms with E-state index in [0.717, 1.165) is 11.4 Å². The van der Waals surface area contributed by atoms with E-state index >= 15 is 0 Å². The third-order valence-corrected chi connectivity index (χ3v) is 4.47. The van der Waals surface area contributed by atoms with Crippen molar-refractivity contribution in [1.29, 1.82) is 0 Å². The number of amides is 2. The Labute approximate surface area is 172 Å². The van der Waals surface area contributed by atoms with Gasteiger partial charge in [-0.3, -0.25) is 24.4 Å². The van der Waals surface area contributed by atoms with Gasteiger partial charge in [0.2, 0.25) is 0 Å². The number of hydrogen-bond acceptors (Lipinski definition) is 6.